The van der Waals surface area contributed by atoms with E-state index in [1.807, 2.05) is 0 Å². The fraction of sp³-hybridized carbons (Fsp3) is 0. The molecule has 45 heavy (non-hydrogen) atoms. The smallest absolute Gasteiger partial charge is 0.744 e. The Balaban J connectivity index is 0.00000353. The molecule has 0 spiro atoms. The summed E-state index contributed by atoms with van der Waals surface area (Å²) in [5, 5.41) is 25.8. The third-order valence-corrected chi connectivity index (χ3v) is 7.42. The fourth-order valence-electron chi connectivity index (χ4n) is 3.73. The van der Waals surface area contributed by atoms with Crippen LogP contribution >= 0.6 is 0 Å². The third-order valence-electron chi connectivity index (χ3n) is 5.72. The van der Waals surface area contributed by atoms with Gasteiger partial charge in [-0.2, -0.15) is 10.1 Å². The standard InChI is InChI=1S/C25H18N4O12S2.2K/c30-22-18(20(24(32)33)26-28(22)14-6-10-16(11-7-14)42(36,37)38)4-2-1-3-5-19-21(25(34)35)27-29(23(19)31)15-8-12-17(13-9-15)43(39,40)41;;/h1-13,26H,(H,32,33)(H,34,35)(H,36,37,38)(H,39,40,41);;/q;2*+1/p-2/b3-1?,4-2?,19-5-;;. The summed E-state index contributed by atoms with van der Waals surface area (Å²) in [5.74, 6) is -3.94. The molecule has 0 saturated heterocycles. The van der Waals surface area contributed by atoms with Gasteiger partial charge in [-0.1, -0.05) is 18.2 Å². The van der Waals surface area contributed by atoms with Gasteiger partial charge < -0.3 is 19.3 Å². The number of rotatable bonds is 9. The van der Waals surface area contributed by atoms with Crippen LogP contribution in [-0.2, 0) is 29.8 Å². The van der Waals surface area contributed by atoms with Gasteiger partial charge in [0.15, 0.2) is 11.4 Å². The molecule has 3 N–H and O–H groups in total. The number of carbonyl (C=O) groups is 3. The van der Waals surface area contributed by atoms with Crippen LogP contribution in [0.3, 0.4) is 0 Å². The molecule has 0 saturated carbocycles. The quantitative estimate of drug-likeness (QED) is 0.0816. The molecule has 0 aliphatic carbocycles. The van der Waals surface area contributed by atoms with Gasteiger partial charge in [0.25, 0.3) is 11.5 Å². The Morgan fingerprint density at radius 1 is 0.778 bits per heavy atom. The molecular weight excluding hydrogens is 691 g/mol. The molecular formula is C25H16K2N4O12S2. The van der Waals surface area contributed by atoms with Gasteiger partial charge in [0, 0.05) is 0 Å². The van der Waals surface area contributed by atoms with Crippen molar-refractivity contribution in [2.45, 2.75) is 9.79 Å². The van der Waals surface area contributed by atoms with Gasteiger partial charge in [0.05, 0.1) is 32.3 Å². The van der Waals surface area contributed by atoms with Crippen LogP contribution in [-0.4, -0.2) is 69.5 Å². The van der Waals surface area contributed by atoms with Gasteiger partial charge in [-0.15, -0.1) is 0 Å². The monoisotopic (exact) mass is 706 g/mol. The summed E-state index contributed by atoms with van der Waals surface area (Å²) in [6, 6.07) is 8.19. The fourth-order valence-corrected chi connectivity index (χ4v) is 4.67. The van der Waals surface area contributed by atoms with Crippen molar-refractivity contribution in [1.29, 1.82) is 0 Å². The molecule has 20 heteroatoms. The van der Waals surface area contributed by atoms with Crippen molar-refractivity contribution >= 4 is 55.6 Å². The van der Waals surface area contributed by atoms with E-state index in [0.717, 1.165) is 65.4 Å². The number of nitrogens with zero attached hydrogens (tertiary/aromatic N) is 3. The van der Waals surface area contributed by atoms with E-state index in [0.29, 0.717) is 5.01 Å². The second-order valence-electron chi connectivity index (χ2n) is 8.44. The van der Waals surface area contributed by atoms with Crippen LogP contribution in [0, 0.1) is 0 Å². The first-order valence-electron chi connectivity index (χ1n) is 11.5. The summed E-state index contributed by atoms with van der Waals surface area (Å²) in [7, 11) is -9.50. The number of anilines is 1. The number of carboxylic acids is 2. The number of aromatic carboxylic acids is 1. The molecule has 0 bridgehead atoms. The van der Waals surface area contributed by atoms with E-state index in [9.17, 15) is 55.3 Å². The molecule has 0 unspecified atom stereocenters. The van der Waals surface area contributed by atoms with Crippen LogP contribution in [0.25, 0.3) is 11.8 Å². The van der Waals surface area contributed by atoms with E-state index in [1.54, 1.807) is 0 Å². The van der Waals surface area contributed by atoms with Crippen LogP contribution in [0.1, 0.15) is 16.1 Å². The molecule has 2 heterocycles. The minimum atomic E-state index is -4.76. The second-order valence-corrected chi connectivity index (χ2v) is 11.2. The predicted molar refractivity (Wildman–Crippen MR) is 145 cm³/mol. The van der Waals surface area contributed by atoms with Crippen molar-refractivity contribution < 1.29 is 153 Å². The van der Waals surface area contributed by atoms with Crippen molar-refractivity contribution in [2.24, 2.45) is 5.10 Å². The number of amides is 1. The molecule has 0 atom stereocenters. The van der Waals surface area contributed by atoms with Crippen molar-refractivity contribution in [1.82, 2.24) is 9.78 Å². The molecule has 3 aromatic rings. The first-order chi connectivity index (χ1) is 20.1. The number of aromatic amines is 1. The Morgan fingerprint density at radius 3 is 1.76 bits per heavy atom. The van der Waals surface area contributed by atoms with Crippen LogP contribution in [0.15, 0.2) is 98.1 Å². The SMILES string of the molecule is O=C(O)C1=NN(c2ccc(S(=O)(=O)[O-])cc2)C(=O)/C1=C\C=CC=Cc1c(C(=O)O)[nH]n(-c2ccc(S(=O)(=O)[O-])cc2)c1=O.[K+].[K+]. The van der Waals surface area contributed by atoms with Gasteiger partial charge in [-0.25, -0.2) is 31.1 Å². The van der Waals surface area contributed by atoms with E-state index < -0.39 is 64.8 Å². The zero-order valence-electron chi connectivity index (χ0n) is 23.1. The molecule has 1 aliphatic heterocycles. The molecule has 16 nitrogen and oxygen atoms in total. The first kappa shape index (κ1) is 39.0. The number of aliphatic carboxylic acids is 1. The number of H-pyrrole nitrogens is 1. The van der Waals surface area contributed by atoms with Crippen LogP contribution < -0.4 is 113 Å². The minimum absolute atomic E-state index is 0. The summed E-state index contributed by atoms with van der Waals surface area (Å²) in [5.41, 5.74) is -2.66. The van der Waals surface area contributed by atoms with Crippen molar-refractivity contribution in [3.8, 4) is 5.69 Å². The van der Waals surface area contributed by atoms with Crippen LogP contribution in [0.4, 0.5) is 5.69 Å². The van der Waals surface area contributed by atoms with Crippen LogP contribution in [0.5, 0.6) is 0 Å². The van der Waals surface area contributed by atoms with Gasteiger partial charge >= 0.3 is 115 Å². The van der Waals surface area contributed by atoms with Gasteiger partial charge in [0.1, 0.15) is 20.2 Å². The zero-order valence-corrected chi connectivity index (χ0v) is 31.0. The topological polar surface area (TPSA) is 259 Å². The Labute approximate surface area is 339 Å². The molecule has 1 aromatic heterocycles. The molecule has 2 aromatic carbocycles. The largest absolute Gasteiger partial charge is 1.00 e. The maximum Gasteiger partial charge on any atom is 1.00 e. The van der Waals surface area contributed by atoms with E-state index in [-0.39, 0.29) is 125 Å². The number of nitrogens with one attached hydrogen (secondary N) is 1. The van der Waals surface area contributed by atoms with E-state index in [1.165, 1.54) is 18.2 Å². The van der Waals surface area contributed by atoms with Gasteiger partial charge in [0.2, 0.25) is 0 Å². The molecule has 0 fully saturated rings. The Bertz CT molecular complexity index is 2060. The van der Waals surface area contributed by atoms with Gasteiger partial charge in [-0.3, -0.25) is 14.7 Å². The predicted octanol–water partition coefficient (Wildman–Crippen LogP) is -5.34. The number of hydrogen-bond acceptors (Lipinski definition) is 11. The molecule has 1 amide bonds. The maximum absolute atomic E-state index is 12.9. The summed E-state index contributed by atoms with van der Waals surface area (Å²) >= 11 is 0. The Morgan fingerprint density at radius 2 is 1.29 bits per heavy atom. The second kappa shape index (κ2) is 15.6. The molecule has 0 radical (unpaired) electrons. The molecule has 222 valence electrons. The van der Waals surface area contributed by atoms with Crippen molar-refractivity contribution in [2.75, 3.05) is 5.01 Å². The number of carbonyl (C=O) groups excluding carboxylic acids is 1. The first-order valence-corrected chi connectivity index (χ1v) is 14.3. The average Bonchev–Trinajstić information content (AvgIpc) is 3.44. The van der Waals surface area contributed by atoms with Gasteiger partial charge in [-0.05, 0) is 60.7 Å². The van der Waals surface area contributed by atoms with Crippen molar-refractivity contribution in [3.05, 3.63) is 100 Å². The summed E-state index contributed by atoms with van der Waals surface area (Å²) < 4.78 is 67.6. The summed E-state index contributed by atoms with van der Waals surface area (Å²) in [6.45, 7) is 0. The number of hydrazone groups is 1. The van der Waals surface area contributed by atoms with E-state index in [2.05, 4.69) is 10.2 Å². The van der Waals surface area contributed by atoms with Crippen LogP contribution in [0.2, 0.25) is 0 Å². The maximum atomic E-state index is 12.9. The third kappa shape index (κ3) is 9.01. The number of aromatic nitrogens is 2. The zero-order chi connectivity index (χ0) is 31.7. The normalized spacial score (nSPS) is 14.4. The minimum Gasteiger partial charge on any atom is -0.744 e. The Kier molecular flexibility index (Phi) is 13.5. The van der Waals surface area contributed by atoms with Crippen molar-refractivity contribution in [3.63, 3.8) is 0 Å². The number of allylic oxidation sites excluding steroid dienone is 4. The summed E-state index contributed by atoms with van der Waals surface area (Å²) in [4.78, 5) is 48.0. The molecule has 1 aliphatic rings. The number of benzene rings is 2. The number of carboxylic acid groups (broad SMARTS) is 2. The summed E-state index contributed by atoms with van der Waals surface area (Å²) in [6.07, 6.45) is 5.90. The van der Waals surface area contributed by atoms with E-state index >= 15 is 0 Å². The van der Waals surface area contributed by atoms with E-state index in [4.69, 9.17) is 0 Å². The average molecular weight is 707 g/mol. The molecule has 4 rings (SSSR count). The Hall–Kier alpha value is -2.16. The number of hydrogen-bond donors (Lipinski definition) is 3.